The van der Waals surface area contributed by atoms with Gasteiger partial charge < -0.3 is 15.4 Å². The van der Waals surface area contributed by atoms with Gasteiger partial charge in [-0.25, -0.2) is 4.79 Å². The predicted octanol–water partition coefficient (Wildman–Crippen LogP) is 4.56. The summed E-state index contributed by atoms with van der Waals surface area (Å²) in [5, 5.41) is 0. The minimum absolute atomic E-state index is 0.00240. The average Bonchev–Trinajstić information content (AvgIpc) is 2.65. The number of nitrogens with two attached hydrogens (primary N) is 1. The molecule has 0 aromatic heterocycles. The molecule has 0 bridgehead atoms. The summed E-state index contributed by atoms with van der Waals surface area (Å²) in [4.78, 5) is 38.4. The SMILES string of the molecule is CN(C(=O)OC(C)(C)C)C1CCC2(CC1)CC(CC(=O)c1ccccc1C(N)=O)C2. The molecule has 2 amide bonds. The molecule has 2 N–H and O–H groups in total. The van der Waals surface area contributed by atoms with E-state index in [1.165, 1.54) is 0 Å². The summed E-state index contributed by atoms with van der Waals surface area (Å²) in [5.74, 6) is -0.197. The molecule has 2 fully saturated rings. The van der Waals surface area contributed by atoms with E-state index in [1.807, 2.05) is 27.8 Å². The lowest BCUT2D eigenvalue weighted by atomic mass is 9.54. The van der Waals surface area contributed by atoms with E-state index in [9.17, 15) is 14.4 Å². The predicted molar refractivity (Wildman–Crippen MR) is 115 cm³/mol. The summed E-state index contributed by atoms with van der Waals surface area (Å²) in [5.41, 5.74) is 5.97. The third kappa shape index (κ3) is 5.02. The van der Waals surface area contributed by atoms with Gasteiger partial charge in [-0.3, -0.25) is 9.59 Å². The summed E-state index contributed by atoms with van der Waals surface area (Å²) in [6, 6.07) is 7.01. The van der Waals surface area contributed by atoms with Crippen LogP contribution in [-0.4, -0.2) is 41.4 Å². The third-order valence-corrected chi connectivity index (χ3v) is 6.66. The normalized spacial score (nSPS) is 26.0. The molecule has 1 aromatic rings. The van der Waals surface area contributed by atoms with Gasteiger partial charge in [0.25, 0.3) is 0 Å². The van der Waals surface area contributed by atoms with Crippen LogP contribution in [0.1, 0.15) is 86.4 Å². The Morgan fingerprint density at radius 1 is 1.10 bits per heavy atom. The van der Waals surface area contributed by atoms with E-state index < -0.39 is 11.5 Å². The number of primary amides is 1. The standard InChI is InChI=1S/C24H34N2O4/c1-23(2,3)30-22(29)26(4)17-9-11-24(12-10-17)14-16(15-24)13-20(27)18-7-5-6-8-19(18)21(25)28/h5-8,16-17H,9-15H2,1-4H3,(H2,25,28). The quantitative estimate of drug-likeness (QED) is 0.715. The lowest BCUT2D eigenvalue weighted by molar-refractivity contribution is -0.0200. The second kappa shape index (κ2) is 8.40. The minimum Gasteiger partial charge on any atom is -0.444 e. The number of Topliss-reactive ketones (excluding diaryl/α,β-unsaturated/α-hetero) is 1. The highest BCUT2D eigenvalue weighted by atomic mass is 16.6. The van der Waals surface area contributed by atoms with Crippen LogP contribution in [0, 0.1) is 11.3 Å². The number of carbonyl (C=O) groups excluding carboxylic acids is 3. The lowest BCUT2D eigenvalue weighted by Gasteiger charge is -2.52. The van der Waals surface area contributed by atoms with Crippen molar-refractivity contribution in [2.45, 2.75) is 77.4 Å². The number of ketones is 1. The Morgan fingerprint density at radius 3 is 2.20 bits per heavy atom. The summed E-state index contributed by atoms with van der Waals surface area (Å²) in [7, 11) is 1.83. The van der Waals surface area contributed by atoms with E-state index in [0.717, 1.165) is 38.5 Å². The van der Waals surface area contributed by atoms with Gasteiger partial charge in [-0.15, -0.1) is 0 Å². The van der Waals surface area contributed by atoms with Crippen molar-refractivity contribution < 1.29 is 19.1 Å². The smallest absolute Gasteiger partial charge is 0.410 e. The zero-order chi connectivity index (χ0) is 22.1. The Labute approximate surface area is 179 Å². The van der Waals surface area contributed by atoms with Crippen molar-refractivity contribution in [3.8, 4) is 0 Å². The van der Waals surface area contributed by atoms with Gasteiger partial charge in [0.05, 0.1) is 0 Å². The number of rotatable bonds is 5. The Balaban J connectivity index is 1.49. The third-order valence-electron chi connectivity index (χ3n) is 6.66. The molecule has 164 valence electrons. The number of nitrogens with zero attached hydrogens (tertiary/aromatic N) is 1. The highest BCUT2D eigenvalue weighted by Gasteiger charge is 2.47. The Hall–Kier alpha value is -2.37. The highest BCUT2D eigenvalue weighted by Crippen LogP contribution is 2.56. The van der Waals surface area contributed by atoms with Crippen molar-refractivity contribution in [1.29, 1.82) is 0 Å². The molecule has 6 nitrogen and oxygen atoms in total. The second-order valence-corrected chi connectivity index (χ2v) is 10.1. The molecule has 0 aliphatic heterocycles. The maximum atomic E-state index is 12.7. The highest BCUT2D eigenvalue weighted by molar-refractivity contribution is 6.07. The van der Waals surface area contributed by atoms with Crippen LogP contribution in [-0.2, 0) is 4.74 Å². The van der Waals surface area contributed by atoms with E-state index >= 15 is 0 Å². The van der Waals surface area contributed by atoms with E-state index in [-0.39, 0.29) is 17.9 Å². The van der Waals surface area contributed by atoms with Gasteiger partial charge in [-0.05, 0) is 76.7 Å². The van der Waals surface area contributed by atoms with Crippen LogP contribution >= 0.6 is 0 Å². The molecule has 2 aliphatic rings. The van der Waals surface area contributed by atoms with Crippen LogP contribution in [0.4, 0.5) is 4.79 Å². The van der Waals surface area contributed by atoms with Crippen LogP contribution in [0.5, 0.6) is 0 Å². The first-order valence-electron chi connectivity index (χ1n) is 10.9. The number of amides is 2. The molecule has 2 saturated carbocycles. The van der Waals surface area contributed by atoms with Crippen LogP contribution in [0.3, 0.4) is 0 Å². The number of hydrogen-bond donors (Lipinski definition) is 1. The van der Waals surface area contributed by atoms with E-state index in [4.69, 9.17) is 10.5 Å². The number of ether oxygens (including phenoxy) is 1. The summed E-state index contributed by atoms with van der Waals surface area (Å²) < 4.78 is 5.49. The monoisotopic (exact) mass is 414 g/mol. The molecule has 30 heavy (non-hydrogen) atoms. The largest absolute Gasteiger partial charge is 0.444 e. The molecular weight excluding hydrogens is 380 g/mol. The van der Waals surface area contributed by atoms with E-state index in [2.05, 4.69) is 0 Å². The van der Waals surface area contributed by atoms with Crippen LogP contribution in [0.2, 0.25) is 0 Å². The summed E-state index contributed by atoms with van der Waals surface area (Å²) in [6.45, 7) is 5.64. The van der Waals surface area contributed by atoms with E-state index in [1.54, 1.807) is 29.2 Å². The van der Waals surface area contributed by atoms with Crippen molar-refractivity contribution in [3.05, 3.63) is 35.4 Å². The topological polar surface area (TPSA) is 89.7 Å². The average molecular weight is 415 g/mol. The van der Waals surface area contributed by atoms with Crippen LogP contribution in [0.25, 0.3) is 0 Å². The molecular formula is C24H34N2O4. The molecule has 6 heteroatoms. The Morgan fingerprint density at radius 2 is 1.67 bits per heavy atom. The fraction of sp³-hybridized carbons (Fsp3) is 0.625. The fourth-order valence-corrected chi connectivity index (χ4v) is 5.12. The summed E-state index contributed by atoms with van der Waals surface area (Å²) in [6.07, 6.45) is 6.39. The number of benzene rings is 1. The molecule has 1 spiro atoms. The molecule has 0 heterocycles. The first kappa shape index (κ1) is 22.3. The van der Waals surface area contributed by atoms with Gasteiger partial charge in [0, 0.05) is 30.6 Å². The lowest BCUT2D eigenvalue weighted by Crippen LogP contribution is -2.47. The summed E-state index contributed by atoms with van der Waals surface area (Å²) >= 11 is 0. The molecule has 1 aromatic carbocycles. The Bertz CT molecular complexity index is 811. The number of carbonyl (C=O) groups is 3. The molecule has 0 atom stereocenters. The van der Waals surface area contributed by atoms with Crippen LogP contribution < -0.4 is 5.73 Å². The van der Waals surface area contributed by atoms with Gasteiger partial charge in [0.15, 0.2) is 5.78 Å². The molecule has 0 radical (unpaired) electrons. The van der Waals surface area contributed by atoms with Crippen molar-refractivity contribution in [1.82, 2.24) is 4.90 Å². The van der Waals surface area contributed by atoms with E-state index in [0.29, 0.717) is 28.9 Å². The van der Waals surface area contributed by atoms with Gasteiger partial charge in [0.1, 0.15) is 5.60 Å². The number of hydrogen-bond acceptors (Lipinski definition) is 4. The maximum absolute atomic E-state index is 12.7. The molecule has 0 saturated heterocycles. The molecule has 0 unspecified atom stereocenters. The van der Waals surface area contributed by atoms with Gasteiger partial charge in [-0.2, -0.15) is 0 Å². The van der Waals surface area contributed by atoms with Crippen LogP contribution in [0.15, 0.2) is 24.3 Å². The molecule has 2 aliphatic carbocycles. The zero-order valence-corrected chi connectivity index (χ0v) is 18.6. The zero-order valence-electron chi connectivity index (χ0n) is 18.6. The van der Waals surface area contributed by atoms with Crippen molar-refractivity contribution in [2.24, 2.45) is 17.1 Å². The van der Waals surface area contributed by atoms with Crippen molar-refractivity contribution >= 4 is 17.8 Å². The van der Waals surface area contributed by atoms with Gasteiger partial charge >= 0.3 is 6.09 Å². The first-order valence-corrected chi connectivity index (χ1v) is 10.9. The molecule has 3 rings (SSSR count). The van der Waals surface area contributed by atoms with Gasteiger partial charge in [0.2, 0.25) is 5.91 Å². The second-order valence-electron chi connectivity index (χ2n) is 10.1. The maximum Gasteiger partial charge on any atom is 0.410 e. The minimum atomic E-state index is -0.559. The van der Waals surface area contributed by atoms with Crippen molar-refractivity contribution in [2.75, 3.05) is 7.05 Å². The Kier molecular flexibility index (Phi) is 6.25. The fourth-order valence-electron chi connectivity index (χ4n) is 5.12. The van der Waals surface area contributed by atoms with Crippen molar-refractivity contribution in [3.63, 3.8) is 0 Å². The first-order chi connectivity index (χ1) is 14.0. The van der Waals surface area contributed by atoms with Gasteiger partial charge in [-0.1, -0.05) is 18.2 Å².